The Morgan fingerprint density at radius 1 is 0.451 bits per heavy atom. The van der Waals surface area contributed by atoms with Crippen LogP contribution in [-0.2, 0) is 28.0 Å². The lowest BCUT2D eigenvalue weighted by Gasteiger charge is -2.44. The summed E-state index contributed by atoms with van der Waals surface area (Å²) >= 11 is 0. The van der Waals surface area contributed by atoms with Gasteiger partial charge in [0.2, 0.25) is 0 Å². The smallest absolute Gasteiger partial charge is 0.192 e. The van der Waals surface area contributed by atoms with Crippen molar-refractivity contribution in [1.82, 2.24) is 0 Å². The van der Waals surface area contributed by atoms with Crippen molar-refractivity contribution >= 4 is 33.3 Å². The van der Waals surface area contributed by atoms with E-state index in [4.69, 9.17) is 22.4 Å². The number of hydrogen-bond acceptors (Lipinski definition) is 5. The molecule has 0 aliphatic heterocycles. The fourth-order valence-corrected chi connectivity index (χ4v) is 13.6. The zero-order valence-corrected chi connectivity index (χ0v) is 53.9. The molecule has 0 aliphatic rings. The van der Waals surface area contributed by atoms with Crippen LogP contribution in [0, 0.1) is 23.7 Å². The van der Waals surface area contributed by atoms with Crippen LogP contribution in [0.3, 0.4) is 0 Å². The quantitative estimate of drug-likeness (QED) is 0.0481. The average Bonchev–Trinajstić information content (AvgIpc) is 3.25. The van der Waals surface area contributed by atoms with Crippen LogP contribution < -0.4 is 0 Å². The van der Waals surface area contributed by atoms with Crippen LogP contribution in [-0.4, -0.2) is 64.8 Å². The Morgan fingerprint density at radius 3 is 1.25 bits per heavy atom. The molecular formula is C62H106O5Si4. The predicted octanol–water partition coefficient (Wildman–Crippen LogP) is 18.6. The Kier molecular flexibility index (Phi) is 22.3. The van der Waals surface area contributed by atoms with Crippen molar-refractivity contribution < 1.29 is 22.4 Å². The van der Waals surface area contributed by atoms with E-state index in [1.165, 1.54) is 0 Å². The second-order valence-corrected chi connectivity index (χ2v) is 46.5. The van der Waals surface area contributed by atoms with Crippen molar-refractivity contribution in [2.75, 3.05) is 13.2 Å². The molecular weight excluding hydrogens is 937 g/mol. The molecule has 0 fully saturated rings. The van der Waals surface area contributed by atoms with Gasteiger partial charge in [0.15, 0.2) is 33.3 Å². The van der Waals surface area contributed by atoms with Gasteiger partial charge in [-0.3, -0.25) is 0 Å². The molecule has 71 heavy (non-hydrogen) atoms. The van der Waals surface area contributed by atoms with Crippen molar-refractivity contribution in [1.29, 1.82) is 0 Å². The summed E-state index contributed by atoms with van der Waals surface area (Å²) in [5.41, 5.74) is 2.50. The fourth-order valence-electron chi connectivity index (χ4n) is 8.28. The maximum Gasteiger partial charge on any atom is 0.192 e. The molecule has 3 aromatic rings. The Hall–Kier alpha value is -2.19. The summed E-state index contributed by atoms with van der Waals surface area (Å²) < 4.78 is 36.5. The lowest BCUT2D eigenvalue weighted by molar-refractivity contribution is 0.0314. The number of ether oxygens (including phenoxy) is 1. The lowest BCUT2D eigenvalue weighted by Crippen LogP contribution is -2.48. The maximum absolute atomic E-state index is 7.53. The highest BCUT2D eigenvalue weighted by molar-refractivity contribution is 6.75. The average molecular weight is 1040 g/mol. The summed E-state index contributed by atoms with van der Waals surface area (Å²) in [6.45, 7) is 57.9. The van der Waals surface area contributed by atoms with Crippen LogP contribution in [0.4, 0.5) is 0 Å². The number of hydrogen-bond donors (Lipinski definition) is 0. The van der Waals surface area contributed by atoms with Gasteiger partial charge in [0.25, 0.3) is 0 Å². The van der Waals surface area contributed by atoms with E-state index in [-0.39, 0.29) is 50.3 Å². The van der Waals surface area contributed by atoms with E-state index in [0.717, 1.165) is 36.1 Å². The zero-order valence-electron chi connectivity index (χ0n) is 49.9. The monoisotopic (exact) mass is 1040 g/mol. The molecule has 0 radical (unpaired) electrons. The van der Waals surface area contributed by atoms with Gasteiger partial charge in [-0.15, -0.1) is 0 Å². The first-order valence-corrected chi connectivity index (χ1v) is 38.8. The molecule has 0 heterocycles. The molecule has 0 aromatic heterocycles. The molecule has 5 nitrogen and oxygen atoms in total. The Balaban J connectivity index is 2.08. The predicted molar refractivity (Wildman–Crippen MR) is 319 cm³/mol. The van der Waals surface area contributed by atoms with Crippen LogP contribution in [0.1, 0.15) is 140 Å². The van der Waals surface area contributed by atoms with E-state index in [1.54, 1.807) is 0 Å². The van der Waals surface area contributed by atoms with Crippen molar-refractivity contribution in [3.05, 3.63) is 132 Å². The highest BCUT2D eigenvalue weighted by Crippen LogP contribution is 2.44. The SMILES string of the molecule is C[C@@H](CO[Si](C)(C)C(C)(C)C)C[C@@H](C)[C@@H](O[Si](C)(C)C(C)(C)C)[C@@H](C)/C=C\[C@H](C[C@H](O[Si](C)(C)C(C)(C)C)[C@@H](C)/C=C/COC(c1ccccc1)(c1ccccc1)c1ccccc1)O[Si](C)(C)C(C)(C)C. The molecule has 0 saturated heterocycles. The van der Waals surface area contributed by atoms with Crippen LogP contribution in [0.25, 0.3) is 0 Å². The van der Waals surface area contributed by atoms with Crippen molar-refractivity contribution in [3.63, 3.8) is 0 Å². The van der Waals surface area contributed by atoms with Gasteiger partial charge in [-0.1, -0.05) is 226 Å². The minimum absolute atomic E-state index is 0.0376. The van der Waals surface area contributed by atoms with Gasteiger partial charge >= 0.3 is 0 Å². The van der Waals surface area contributed by atoms with Gasteiger partial charge in [-0.05, 0) is 119 Å². The van der Waals surface area contributed by atoms with Crippen LogP contribution in [0.5, 0.6) is 0 Å². The summed E-state index contributed by atoms with van der Waals surface area (Å²) in [6, 6.07) is 31.9. The summed E-state index contributed by atoms with van der Waals surface area (Å²) in [5, 5.41) is 0.355. The highest BCUT2D eigenvalue weighted by atomic mass is 28.4. The molecule has 0 spiro atoms. The Labute approximate surface area is 442 Å². The molecule has 0 amide bonds. The van der Waals surface area contributed by atoms with E-state index >= 15 is 0 Å². The topological polar surface area (TPSA) is 46.2 Å². The first-order valence-electron chi connectivity index (χ1n) is 27.2. The highest BCUT2D eigenvalue weighted by Gasteiger charge is 2.45. The van der Waals surface area contributed by atoms with Crippen LogP contribution >= 0.6 is 0 Å². The zero-order chi connectivity index (χ0) is 54.1. The summed E-state index contributed by atoms with van der Waals surface area (Å²) in [5.74, 6) is 1.03. The molecule has 9 heteroatoms. The van der Waals surface area contributed by atoms with Crippen molar-refractivity contribution in [2.24, 2.45) is 23.7 Å². The van der Waals surface area contributed by atoms with Gasteiger partial charge in [0.05, 0.1) is 24.9 Å². The van der Waals surface area contributed by atoms with E-state index in [2.05, 4.69) is 278 Å². The summed E-state index contributed by atoms with van der Waals surface area (Å²) in [7, 11) is -8.44. The van der Waals surface area contributed by atoms with Crippen LogP contribution in [0.2, 0.25) is 72.5 Å². The van der Waals surface area contributed by atoms with Crippen LogP contribution in [0.15, 0.2) is 115 Å². The minimum Gasteiger partial charge on any atom is -0.417 e. The minimum atomic E-state index is -2.23. The van der Waals surface area contributed by atoms with Gasteiger partial charge < -0.3 is 22.4 Å². The maximum atomic E-state index is 7.53. The molecule has 3 rings (SSSR count). The van der Waals surface area contributed by atoms with E-state index in [9.17, 15) is 0 Å². The summed E-state index contributed by atoms with van der Waals surface area (Å²) in [4.78, 5) is 0. The lowest BCUT2D eigenvalue weighted by atomic mass is 9.80. The van der Waals surface area contributed by atoms with E-state index in [0.29, 0.717) is 18.4 Å². The summed E-state index contributed by atoms with van der Waals surface area (Å²) in [6.07, 6.45) is 11.0. The Bertz CT molecular complexity index is 1970. The molecule has 0 aliphatic carbocycles. The Morgan fingerprint density at radius 2 is 0.845 bits per heavy atom. The first kappa shape index (κ1) is 63.1. The van der Waals surface area contributed by atoms with Crippen molar-refractivity contribution in [3.8, 4) is 0 Å². The third-order valence-electron chi connectivity index (χ3n) is 17.2. The third kappa shape index (κ3) is 17.4. The van der Waals surface area contributed by atoms with E-state index < -0.39 is 38.9 Å². The second-order valence-electron chi connectivity index (χ2n) is 27.4. The van der Waals surface area contributed by atoms with Gasteiger partial charge in [0, 0.05) is 13.0 Å². The molecule has 0 unspecified atom stereocenters. The number of benzene rings is 3. The third-order valence-corrected chi connectivity index (χ3v) is 35.2. The molecule has 3 aromatic carbocycles. The fraction of sp³-hybridized carbons (Fsp3) is 0.645. The van der Waals surface area contributed by atoms with Gasteiger partial charge in [-0.2, -0.15) is 0 Å². The molecule has 0 N–H and O–H groups in total. The standard InChI is InChI=1S/C62H106O5Si4/c1-48(47-64-68(17,18)58(5,6)7)45-51(4)57(67-71(23,24)61(14,15)16)50(3)42-43-55(65-69(19,20)59(8,9)10)46-56(66-70(21,22)60(11,12)13)49(2)35-34-44-63-62(52-36-28-25-29-37-52,53-38-30-26-31-39-53)54-40-32-27-33-41-54/h25-43,48-51,55-57H,44-47H2,1-24H3/b35-34+,43-42-/t48-,49+,50+,51-,55-,56+,57+/m1/s1. The van der Waals surface area contributed by atoms with Gasteiger partial charge in [-0.25, -0.2) is 0 Å². The molecule has 0 saturated carbocycles. The molecule has 400 valence electrons. The molecule has 7 atom stereocenters. The van der Waals surface area contributed by atoms with E-state index in [1.807, 2.05) is 0 Å². The first-order chi connectivity index (χ1) is 32.4. The van der Waals surface area contributed by atoms with Gasteiger partial charge in [0.1, 0.15) is 5.60 Å². The van der Waals surface area contributed by atoms with Crippen molar-refractivity contribution in [2.45, 2.75) is 220 Å². The number of rotatable bonds is 25. The molecule has 0 bridgehead atoms. The second kappa shape index (κ2) is 25.1. The largest absolute Gasteiger partial charge is 0.417 e. The normalized spacial score (nSPS) is 17.3.